The van der Waals surface area contributed by atoms with E-state index < -0.39 is 0 Å². The van der Waals surface area contributed by atoms with Crippen molar-refractivity contribution in [2.24, 2.45) is 5.10 Å². The highest BCUT2D eigenvalue weighted by Gasteiger charge is 2.05. The lowest BCUT2D eigenvalue weighted by molar-refractivity contribution is -0.120. The minimum atomic E-state index is -0.210. The highest BCUT2D eigenvalue weighted by atomic mass is 35.5. The van der Waals surface area contributed by atoms with Gasteiger partial charge in [0.1, 0.15) is 0 Å². The fourth-order valence-electron chi connectivity index (χ4n) is 2.22. The fourth-order valence-corrected chi connectivity index (χ4v) is 2.68. The molecule has 0 aliphatic carbocycles. The van der Waals surface area contributed by atoms with Crippen LogP contribution in [0.5, 0.6) is 0 Å². The molecule has 0 unspecified atom stereocenters. The molecule has 0 aliphatic heterocycles. The van der Waals surface area contributed by atoms with Crippen LogP contribution in [0.15, 0.2) is 53.6 Å². The molecule has 2 aromatic carbocycles. The zero-order valence-electron chi connectivity index (χ0n) is 12.0. The maximum atomic E-state index is 11.9. The molecule has 0 aliphatic rings. The number of H-pyrrole nitrogens is 1. The van der Waals surface area contributed by atoms with Gasteiger partial charge in [0.15, 0.2) is 0 Å². The van der Waals surface area contributed by atoms with Crippen molar-refractivity contribution in [3.8, 4) is 0 Å². The van der Waals surface area contributed by atoms with Crippen LogP contribution >= 0.6 is 23.2 Å². The van der Waals surface area contributed by atoms with Gasteiger partial charge in [0.25, 0.3) is 0 Å². The first-order valence-corrected chi connectivity index (χ1v) is 7.71. The van der Waals surface area contributed by atoms with Crippen molar-refractivity contribution in [1.82, 2.24) is 10.4 Å². The normalized spacial score (nSPS) is 11.2. The summed E-state index contributed by atoms with van der Waals surface area (Å²) in [7, 11) is 0. The van der Waals surface area contributed by atoms with Gasteiger partial charge in [-0.2, -0.15) is 5.10 Å². The first-order valence-electron chi connectivity index (χ1n) is 6.95. The molecule has 3 aromatic rings. The average Bonchev–Trinajstić information content (AvgIpc) is 2.91. The lowest BCUT2D eigenvalue weighted by Crippen LogP contribution is -2.19. The summed E-state index contributed by atoms with van der Waals surface area (Å²) >= 11 is 11.8. The van der Waals surface area contributed by atoms with Gasteiger partial charge in [-0.15, -0.1) is 0 Å². The number of rotatable bonds is 4. The number of hydrogen-bond acceptors (Lipinski definition) is 2. The number of hydrazone groups is 1. The lowest BCUT2D eigenvalue weighted by Gasteiger charge is -2.00. The monoisotopic (exact) mass is 345 g/mol. The third kappa shape index (κ3) is 3.92. The van der Waals surface area contributed by atoms with Crippen LogP contribution in [0, 0.1) is 0 Å². The van der Waals surface area contributed by atoms with Crippen LogP contribution in [0.2, 0.25) is 10.0 Å². The van der Waals surface area contributed by atoms with E-state index in [9.17, 15) is 4.79 Å². The number of benzene rings is 2. The number of nitrogens with one attached hydrogen (secondary N) is 2. The number of amides is 1. The van der Waals surface area contributed by atoms with Gasteiger partial charge in [-0.3, -0.25) is 4.79 Å². The molecule has 1 aromatic heterocycles. The molecule has 0 atom stereocenters. The van der Waals surface area contributed by atoms with E-state index in [-0.39, 0.29) is 12.3 Å². The Bertz CT molecular complexity index is 853. The topological polar surface area (TPSA) is 57.2 Å². The predicted octanol–water partition coefficient (Wildman–Crippen LogP) is 4.17. The molecule has 6 heteroatoms. The SMILES string of the molecule is O=C(Cc1cc2ccccc2[nH]1)N/N=C/c1ccc(Cl)cc1Cl. The Morgan fingerprint density at radius 2 is 2.00 bits per heavy atom. The smallest absolute Gasteiger partial charge is 0.245 e. The van der Waals surface area contributed by atoms with Crippen LogP contribution in [-0.2, 0) is 11.2 Å². The van der Waals surface area contributed by atoms with Gasteiger partial charge in [-0.1, -0.05) is 47.5 Å². The standard InChI is InChI=1S/C17H13Cl2N3O/c18-13-6-5-12(15(19)8-13)10-20-22-17(23)9-14-7-11-3-1-2-4-16(11)21-14/h1-8,10,21H,9H2,(H,22,23)/b20-10+. The summed E-state index contributed by atoms with van der Waals surface area (Å²) in [5.74, 6) is -0.210. The van der Waals surface area contributed by atoms with Gasteiger partial charge in [-0.05, 0) is 29.7 Å². The van der Waals surface area contributed by atoms with Crippen LogP contribution in [-0.4, -0.2) is 17.1 Å². The number of carbonyl (C=O) groups excluding carboxylic acids is 1. The Morgan fingerprint density at radius 3 is 2.78 bits per heavy atom. The van der Waals surface area contributed by atoms with Crippen molar-refractivity contribution in [2.45, 2.75) is 6.42 Å². The summed E-state index contributed by atoms with van der Waals surface area (Å²) in [6.45, 7) is 0. The minimum Gasteiger partial charge on any atom is -0.358 e. The van der Waals surface area contributed by atoms with E-state index >= 15 is 0 Å². The maximum absolute atomic E-state index is 11.9. The van der Waals surface area contributed by atoms with Crippen molar-refractivity contribution in [2.75, 3.05) is 0 Å². The number of halogens is 2. The molecule has 4 nitrogen and oxygen atoms in total. The zero-order valence-corrected chi connectivity index (χ0v) is 13.5. The van der Waals surface area contributed by atoms with Gasteiger partial charge in [0.2, 0.25) is 5.91 Å². The molecule has 3 rings (SSSR count). The van der Waals surface area contributed by atoms with Crippen LogP contribution in [0.3, 0.4) is 0 Å². The van der Waals surface area contributed by atoms with Gasteiger partial charge in [0.05, 0.1) is 17.7 Å². The maximum Gasteiger partial charge on any atom is 0.245 e. The first kappa shape index (κ1) is 15.6. The second kappa shape index (κ2) is 6.86. The highest BCUT2D eigenvalue weighted by Crippen LogP contribution is 2.19. The van der Waals surface area contributed by atoms with E-state index in [2.05, 4.69) is 15.5 Å². The molecule has 0 fully saturated rings. The molecule has 1 amide bonds. The Hall–Kier alpha value is -2.30. The number of nitrogens with zero attached hydrogens (tertiary/aromatic N) is 1. The zero-order chi connectivity index (χ0) is 16.2. The third-order valence-electron chi connectivity index (χ3n) is 3.29. The molecule has 0 saturated carbocycles. The molecule has 116 valence electrons. The van der Waals surface area contributed by atoms with Crippen LogP contribution in [0.4, 0.5) is 0 Å². The summed E-state index contributed by atoms with van der Waals surface area (Å²) in [4.78, 5) is 15.1. The van der Waals surface area contributed by atoms with E-state index in [1.54, 1.807) is 18.2 Å². The number of carbonyl (C=O) groups is 1. The van der Waals surface area contributed by atoms with Crippen molar-refractivity contribution < 1.29 is 4.79 Å². The third-order valence-corrected chi connectivity index (χ3v) is 3.85. The van der Waals surface area contributed by atoms with Crippen LogP contribution in [0.1, 0.15) is 11.3 Å². The minimum absolute atomic E-state index is 0.210. The fraction of sp³-hybridized carbons (Fsp3) is 0.0588. The van der Waals surface area contributed by atoms with Crippen LogP contribution < -0.4 is 5.43 Å². The quantitative estimate of drug-likeness (QED) is 0.541. The summed E-state index contributed by atoms with van der Waals surface area (Å²) in [6.07, 6.45) is 1.71. The highest BCUT2D eigenvalue weighted by molar-refractivity contribution is 6.36. The molecule has 2 N–H and O–H groups in total. The average molecular weight is 346 g/mol. The Balaban J connectivity index is 1.61. The van der Waals surface area contributed by atoms with E-state index in [1.807, 2.05) is 30.3 Å². The number of fused-ring (bicyclic) bond motifs is 1. The van der Waals surface area contributed by atoms with Gasteiger partial charge in [-0.25, -0.2) is 5.43 Å². The van der Waals surface area contributed by atoms with E-state index in [0.29, 0.717) is 15.6 Å². The Morgan fingerprint density at radius 1 is 1.17 bits per heavy atom. The largest absolute Gasteiger partial charge is 0.358 e. The molecule has 0 saturated heterocycles. The van der Waals surface area contributed by atoms with Crippen molar-refractivity contribution in [3.63, 3.8) is 0 Å². The molecule has 1 heterocycles. The first-order chi connectivity index (χ1) is 11.1. The molecular formula is C17H13Cl2N3O. The molecular weight excluding hydrogens is 333 g/mol. The Labute approximate surface area is 143 Å². The number of aromatic nitrogens is 1. The predicted molar refractivity (Wildman–Crippen MR) is 94.2 cm³/mol. The van der Waals surface area contributed by atoms with Crippen molar-refractivity contribution in [3.05, 3.63) is 69.8 Å². The van der Waals surface area contributed by atoms with Crippen molar-refractivity contribution in [1.29, 1.82) is 0 Å². The summed E-state index contributed by atoms with van der Waals surface area (Å²) in [5.41, 5.74) is 5.01. The van der Waals surface area contributed by atoms with E-state index in [4.69, 9.17) is 23.2 Å². The number of aromatic amines is 1. The molecule has 23 heavy (non-hydrogen) atoms. The lowest BCUT2D eigenvalue weighted by atomic mass is 10.2. The summed E-state index contributed by atoms with van der Waals surface area (Å²) in [5, 5.41) is 6.02. The number of para-hydroxylation sites is 1. The van der Waals surface area contributed by atoms with E-state index in [1.165, 1.54) is 6.21 Å². The van der Waals surface area contributed by atoms with Crippen molar-refractivity contribution >= 4 is 46.2 Å². The Kier molecular flexibility index (Phi) is 4.65. The van der Waals surface area contributed by atoms with Gasteiger partial charge >= 0.3 is 0 Å². The molecule has 0 spiro atoms. The van der Waals surface area contributed by atoms with Gasteiger partial charge in [0, 0.05) is 21.8 Å². The molecule has 0 bridgehead atoms. The van der Waals surface area contributed by atoms with Crippen LogP contribution in [0.25, 0.3) is 10.9 Å². The number of hydrogen-bond donors (Lipinski definition) is 2. The summed E-state index contributed by atoms with van der Waals surface area (Å²) in [6, 6.07) is 14.9. The van der Waals surface area contributed by atoms with E-state index in [0.717, 1.165) is 16.6 Å². The van der Waals surface area contributed by atoms with Gasteiger partial charge < -0.3 is 4.98 Å². The second-order valence-corrected chi connectivity index (χ2v) is 5.86. The second-order valence-electron chi connectivity index (χ2n) is 5.02. The summed E-state index contributed by atoms with van der Waals surface area (Å²) < 4.78 is 0. The molecule has 0 radical (unpaired) electrons.